The summed E-state index contributed by atoms with van der Waals surface area (Å²) in [6.45, 7) is 9.56. The fourth-order valence-corrected chi connectivity index (χ4v) is 13.6. The molecule has 0 saturated heterocycles. The van der Waals surface area contributed by atoms with Gasteiger partial charge >= 0.3 is 0 Å². The van der Waals surface area contributed by atoms with Gasteiger partial charge in [-0.1, -0.05) is 204 Å². The highest BCUT2D eigenvalue weighted by Gasteiger charge is 2.58. The van der Waals surface area contributed by atoms with Crippen molar-refractivity contribution in [3.05, 3.63) is 257 Å². The second kappa shape index (κ2) is 13.3. The predicted molar refractivity (Wildman–Crippen MR) is 275 cm³/mol. The average Bonchev–Trinajstić information content (AvgIpc) is 3.99. The molecular formula is C65H49N. The Morgan fingerprint density at radius 1 is 0.364 bits per heavy atom. The van der Waals surface area contributed by atoms with Crippen LogP contribution >= 0.6 is 0 Å². The standard InChI is InChI=1S/C65H49N/c1-63(2)55-27-12-7-20-45(55)50-34-32-41(38-60(50)63)66(42-33-35-51-46-21-8-13-28-56(46)64(3,4)61(51)39-42)43-36-40-18-5-6-19-44(40)54(37-43)53-26-17-25-52-49-24-11-16-31-59(49)65(62(52)53)57-29-14-9-22-47(57)48-23-10-15-30-58(48)65/h5-39,47,57H,1-4H3. The number of anilines is 3. The van der Waals surface area contributed by atoms with Gasteiger partial charge in [0, 0.05) is 39.7 Å². The zero-order valence-electron chi connectivity index (χ0n) is 37.8. The molecule has 0 heterocycles. The molecule has 5 aliphatic carbocycles. The van der Waals surface area contributed by atoms with Crippen LogP contribution in [0.4, 0.5) is 17.1 Å². The SMILES string of the molecule is CC1(C)c2ccccc2-c2ccc(N(c3ccc4c(c3)C(C)(C)c3ccccc3-4)c3cc(-c4cccc5c4C4(c6ccccc6-5)c5ccccc5C5C=CC=CC54)c4ccccc4c3)cc21. The van der Waals surface area contributed by atoms with E-state index in [1.165, 1.54) is 99.8 Å². The van der Waals surface area contributed by atoms with Gasteiger partial charge in [0.25, 0.3) is 0 Å². The van der Waals surface area contributed by atoms with Gasteiger partial charge in [-0.2, -0.15) is 0 Å². The van der Waals surface area contributed by atoms with Crippen molar-refractivity contribution in [3.63, 3.8) is 0 Å². The molecule has 1 heteroatoms. The lowest BCUT2D eigenvalue weighted by molar-refractivity contribution is 0.466. The van der Waals surface area contributed by atoms with Gasteiger partial charge < -0.3 is 4.90 Å². The van der Waals surface area contributed by atoms with Crippen LogP contribution < -0.4 is 4.90 Å². The van der Waals surface area contributed by atoms with Gasteiger partial charge in [0.05, 0.1) is 5.41 Å². The molecule has 14 rings (SSSR count). The zero-order chi connectivity index (χ0) is 44.1. The minimum absolute atomic E-state index is 0.143. The molecule has 0 amide bonds. The van der Waals surface area contributed by atoms with Gasteiger partial charge in [-0.25, -0.2) is 0 Å². The number of nitrogens with zero attached hydrogens (tertiary/aromatic N) is 1. The number of rotatable bonds is 4. The van der Waals surface area contributed by atoms with Gasteiger partial charge in [0.1, 0.15) is 0 Å². The van der Waals surface area contributed by atoms with Crippen LogP contribution in [-0.4, -0.2) is 0 Å². The maximum atomic E-state index is 2.55. The molecule has 0 radical (unpaired) electrons. The Morgan fingerprint density at radius 2 is 0.864 bits per heavy atom. The first-order valence-electron chi connectivity index (χ1n) is 23.8. The molecule has 1 nitrogen and oxygen atoms in total. The Kier molecular flexibility index (Phi) is 7.63. The summed E-state index contributed by atoms with van der Waals surface area (Å²) < 4.78 is 0. The van der Waals surface area contributed by atoms with E-state index in [0.29, 0.717) is 5.92 Å². The molecule has 0 fully saturated rings. The van der Waals surface area contributed by atoms with Crippen molar-refractivity contribution in [2.75, 3.05) is 4.90 Å². The maximum Gasteiger partial charge on any atom is 0.0544 e. The van der Waals surface area contributed by atoms with E-state index in [-0.39, 0.29) is 22.2 Å². The van der Waals surface area contributed by atoms with Crippen LogP contribution in [0.1, 0.15) is 78.1 Å². The Labute approximate surface area is 388 Å². The smallest absolute Gasteiger partial charge is 0.0544 e. The summed E-state index contributed by atoms with van der Waals surface area (Å²) in [4.78, 5) is 2.55. The normalized spacial score (nSPS) is 20.0. The molecule has 9 aromatic rings. The largest absolute Gasteiger partial charge is 0.310 e. The van der Waals surface area contributed by atoms with E-state index in [9.17, 15) is 0 Å². The lowest BCUT2D eigenvalue weighted by atomic mass is 9.64. The third-order valence-corrected chi connectivity index (χ3v) is 16.5. The van der Waals surface area contributed by atoms with Crippen molar-refractivity contribution < 1.29 is 0 Å². The summed E-state index contributed by atoms with van der Waals surface area (Å²) in [7, 11) is 0. The topological polar surface area (TPSA) is 3.24 Å². The summed E-state index contributed by atoms with van der Waals surface area (Å²) in [5.74, 6) is 0.536. The monoisotopic (exact) mass is 843 g/mol. The lowest BCUT2D eigenvalue weighted by Gasteiger charge is -2.37. The first kappa shape index (κ1) is 37.9. The van der Waals surface area contributed by atoms with E-state index in [4.69, 9.17) is 0 Å². The summed E-state index contributed by atoms with van der Waals surface area (Å²) in [6.07, 6.45) is 9.50. The van der Waals surface area contributed by atoms with Crippen LogP contribution in [-0.2, 0) is 16.2 Å². The molecule has 314 valence electrons. The minimum atomic E-state index is -0.358. The third kappa shape index (κ3) is 4.80. The van der Waals surface area contributed by atoms with E-state index in [1.54, 1.807) is 0 Å². The van der Waals surface area contributed by atoms with E-state index < -0.39 is 0 Å². The van der Waals surface area contributed by atoms with Crippen LogP contribution in [0, 0.1) is 5.92 Å². The molecule has 0 N–H and O–H groups in total. The molecule has 66 heavy (non-hydrogen) atoms. The third-order valence-electron chi connectivity index (χ3n) is 16.5. The Balaban J connectivity index is 1.04. The average molecular weight is 844 g/mol. The molecule has 5 aliphatic rings. The van der Waals surface area contributed by atoms with Crippen LogP contribution in [0.2, 0.25) is 0 Å². The van der Waals surface area contributed by atoms with E-state index in [1.807, 2.05) is 0 Å². The molecule has 0 aromatic heterocycles. The zero-order valence-corrected chi connectivity index (χ0v) is 37.8. The van der Waals surface area contributed by atoms with Crippen molar-refractivity contribution in [1.82, 2.24) is 0 Å². The Morgan fingerprint density at radius 3 is 1.53 bits per heavy atom. The molecule has 3 atom stereocenters. The molecule has 3 unspecified atom stereocenters. The second-order valence-electron chi connectivity index (χ2n) is 20.3. The van der Waals surface area contributed by atoms with Crippen molar-refractivity contribution in [3.8, 4) is 44.5 Å². The Bertz CT molecular complexity index is 3520. The first-order chi connectivity index (χ1) is 32.3. The second-order valence-corrected chi connectivity index (χ2v) is 20.3. The number of allylic oxidation sites excluding steroid dienone is 4. The molecular weight excluding hydrogens is 795 g/mol. The highest BCUT2D eigenvalue weighted by atomic mass is 15.1. The summed E-state index contributed by atoms with van der Waals surface area (Å²) in [5.41, 5.74) is 24.6. The maximum absolute atomic E-state index is 2.55. The summed E-state index contributed by atoms with van der Waals surface area (Å²) in [6, 6.07) is 72.1. The first-order valence-corrected chi connectivity index (χ1v) is 23.8. The number of hydrogen-bond acceptors (Lipinski definition) is 1. The van der Waals surface area contributed by atoms with E-state index in [2.05, 4.69) is 245 Å². The van der Waals surface area contributed by atoms with Gasteiger partial charge in [-0.3, -0.25) is 0 Å². The molecule has 1 spiro atoms. The summed E-state index contributed by atoms with van der Waals surface area (Å²) in [5, 5.41) is 2.49. The molecule has 9 aromatic carbocycles. The lowest BCUT2D eigenvalue weighted by Crippen LogP contribution is -2.33. The molecule has 0 bridgehead atoms. The highest BCUT2D eigenvalue weighted by molar-refractivity contribution is 6.04. The van der Waals surface area contributed by atoms with Crippen LogP contribution in [0.5, 0.6) is 0 Å². The highest BCUT2D eigenvalue weighted by Crippen LogP contribution is 2.67. The van der Waals surface area contributed by atoms with Crippen LogP contribution in [0.25, 0.3) is 55.3 Å². The molecule has 0 aliphatic heterocycles. The van der Waals surface area contributed by atoms with Crippen molar-refractivity contribution in [1.29, 1.82) is 0 Å². The van der Waals surface area contributed by atoms with Crippen molar-refractivity contribution in [2.45, 2.75) is 49.9 Å². The number of benzene rings is 9. The number of hydrogen-bond donors (Lipinski definition) is 0. The van der Waals surface area contributed by atoms with Crippen LogP contribution in [0.3, 0.4) is 0 Å². The van der Waals surface area contributed by atoms with Gasteiger partial charge in [0.15, 0.2) is 0 Å². The summed E-state index contributed by atoms with van der Waals surface area (Å²) >= 11 is 0. The Hall–Kier alpha value is -7.48. The molecule has 0 saturated carbocycles. The van der Waals surface area contributed by atoms with E-state index in [0.717, 1.165) is 17.1 Å². The minimum Gasteiger partial charge on any atom is -0.310 e. The number of fused-ring (bicyclic) bond motifs is 17. The predicted octanol–water partition coefficient (Wildman–Crippen LogP) is 16.7. The quantitative estimate of drug-likeness (QED) is 0.171. The fourth-order valence-electron chi connectivity index (χ4n) is 13.6. The van der Waals surface area contributed by atoms with E-state index >= 15 is 0 Å². The van der Waals surface area contributed by atoms with Crippen LogP contribution in [0.15, 0.2) is 212 Å². The van der Waals surface area contributed by atoms with Gasteiger partial charge in [-0.15, -0.1) is 0 Å². The fraction of sp³-hybridized carbons (Fsp3) is 0.138. The van der Waals surface area contributed by atoms with Gasteiger partial charge in [-0.05, 0) is 136 Å². The van der Waals surface area contributed by atoms with Crippen molar-refractivity contribution >= 4 is 27.8 Å². The van der Waals surface area contributed by atoms with Crippen molar-refractivity contribution in [2.24, 2.45) is 5.92 Å². The van der Waals surface area contributed by atoms with Gasteiger partial charge in [0.2, 0.25) is 0 Å².